The summed E-state index contributed by atoms with van der Waals surface area (Å²) in [5, 5.41) is 0. The molecule has 2 aromatic rings. The molecule has 0 aliphatic rings. The average Bonchev–Trinajstić information content (AvgIpc) is 2.40. The van der Waals surface area contributed by atoms with E-state index < -0.39 is 10.0 Å². The quantitative estimate of drug-likeness (QED) is 0.809. The lowest BCUT2D eigenvalue weighted by Gasteiger charge is -2.13. The van der Waals surface area contributed by atoms with Crippen molar-refractivity contribution in [1.82, 2.24) is 0 Å². The fraction of sp³-hybridized carbons (Fsp3) is 0.143. The molecular weight excluding hydrogens is 356 g/mol. The van der Waals surface area contributed by atoms with Gasteiger partial charge in [0.25, 0.3) is 10.0 Å². The van der Waals surface area contributed by atoms with Crippen LogP contribution in [0.5, 0.6) is 5.75 Å². The van der Waals surface area contributed by atoms with Crippen LogP contribution >= 0.6 is 15.9 Å². The third-order valence-electron chi connectivity index (χ3n) is 2.84. The summed E-state index contributed by atoms with van der Waals surface area (Å²) < 4.78 is 33.2. The first-order chi connectivity index (χ1) is 9.83. The molecule has 0 saturated carbocycles. The van der Waals surface area contributed by atoms with Crippen LogP contribution in [0.1, 0.15) is 5.56 Å². The number of anilines is 2. The second-order valence-electron chi connectivity index (χ2n) is 4.50. The third-order valence-corrected chi connectivity index (χ3v) is 4.93. The number of aryl methyl sites for hydroxylation is 1. The summed E-state index contributed by atoms with van der Waals surface area (Å²) in [6.07, 6.45) is 0. The number of ether oxygens (including phenoxy) is 1. The highest BCUT2D eigenvalue weighted by molar-refractivity contribution is 9.10. The zero-order chi connectivity index (χ0) is 15.6. The molecule has 2 aromatic carbocycles. The number of benzene rings is 2. The predicted molar refractivity (Wildman–Crippen MR) is 87.1 cm³/mol. The van der Waals surface area contributed by atoms with Crippen molar-refractivity contribution in [3.63, 3.8) is 0 Å². The molecule has 7 heteroatoms. The molecule has 0 radical (unpaired) electrons. The molecular formula is C14H15BrN2O3S. The fourth-order valence-electron chi connectivity index (χ4n) is 1.84. The van der Waals surface area contributed by atoms with E-state index in [2.05, 4.69) is 20.7 Å². The van der Waals surface area contributed by atoms with Crippen LogP contribution < -0.4 is 15.2 Å². The van der Waals surface area contributed by atoms with Gasteiger partial charge in [0.1, 0.15) is 10.6 Å². The van der Waals surface area contributed by atoms with E-state index in [0.717, 1.165) is 5.56 Å². The summed E-state index contributed by atoms with van der Waals surface area (Å²) in [6, 6.07) is 9.98. The van der Waals surface area contributed by atoms with E-state index in [-0.39, 0.29) is 10.6 Å². The van der Waals surface area contributed by atoms with Crippen LogP contribution in [0, 0.1) is 6.92 Å². The monoisotopic (exact) mass is 370 g/mol. The minimum Gasteiger partial charge on any atom is -0.495 e. The lowest BCUT2D eigenvalue weighted by Crippen LogP contribution is -2.14. The lowest BCUT2D eigenvalue weighted by atomic mass is 10.2. The van der Waals surface area contributed by atoms with Gasteiger partial charge in [-0.2, -0.15) is 0 Å². The molecule has 0 aliphatic carbocycles. The lowest BCUT2D eigenvalue weighted by molar-refractivity contribution is 0.402. The topological polar surface area (TPSA) is 81.4 Å². The van der Waals surface area contributed by atoms with Crippen LogP contribution in [0.25, 0.3) is 0 Å². The molecule has 0 spiro atoms. The highest BCUT2D eigenvalue weighted by Crippen LogP contribution is 2.33. The minimum atomic E-state index is -3.79. The normalized spacial score (nSPS) is 11.2. The molecule has 0 aliphatic heterocycles. The van der Waals surface area contributed by atoms with E-state index in [0.29, 0.717) is 15.8 Å². The van der Waals surface area contributed by atoms with Gasteiger partial charge >= 0.3 is 0 Å². The smallest absolute Gasteiger partial charge is 0.265 e. The largest absolute Gasteiger partial charge is 0.495 e. The van der Waals surface area contributed by atoms with Crippen LogP contribution in [0.15, 0.2) is 45.8 Å². The molecule has 21 heavy (non-hydrogen) atoms. The van der Waals surface area contributed by atoms with Gasteiger partial charge in [0.2, 0.25) is 0 Å². The van der Waals surface area contributed by atoms with Gasteiger partial charge < -0.3 is 10.5 Å². The predicted octanol–water partition coefficient (Wildman–Crippen LogP) is 3.15. The number of halogens is 1. The van der Waals surface area contributed by atoms with Crippen molar-refractivity contribution in [2.45, 2.75) is 11.8 Å². The van der Waals surface area contributed by atoms with Crippen molar-refractivity contribution in [2.24, 2.45) is 0 Å². The van der Waals surface area contributed by atoms with E-state index >= 15 is 0 Å². The van der Waals surface area contributed by atoms with Gasteiger partial charge in [-0.25, -0.2) is 8.42 Å². The maximum Gasteiger partial charge on any atom is 0.265 e. The molecule has 2 rings (SSSR count). The van der Waals surface area contributed by atoms with E-state index in [1.807, 2.05) is 13.0 Å². The maximum atomic E-state index is 12.5. The van der Waals surface area contributed by atoms with E-state index in [1.54, 1.807) is 18.2 Å². The first kappa shape index (κ1) is 15.7. The molecule has 0 bridgehead atoms. The van der Waals surface area contributed by atoms with Crippen molar-refractivity contribution < 1.29 is 13.2 Å². The van der Waals surface area contributed by atoms with Gasteiger partial charge in [-0.3, -0.25) is 4.72 Å². The third kappa shape index (κ3) is 3.48. The second-order valence-corrected chi connectivity index (χ2v) is 7.00. The Kier molecular flexibility index (Phi) is 4.43. The Bertz CT molecular complexity index is 776. The summed E-state index contributed by atoms with van der Waals surface area (Å²) in [5.74, 6) is 0.219. The number of nitrogens with two attached hydrogens (primary N) is 1. The first-order valence-corrected chi connectivity index (χ1v) is 8.33. The summed E-state index contributed by atoms with van der Waals surface area (Å²) >= 11 is 3.24. The number of methoxy groups -OCH3 is 1. The SMILES string of the molecule is COc1cc(Br)c(N)cc1S(=O)(=O)Nc1cccc(C)c1. The summed E-state index contributed by atoms with van der Waals surface area (Å²) in [5.41, 5.74) is 7.52. The van der Waals surface area contributed by atoms with Gasteiger partial charge in [-0.1, -0.05) is 12.1 Å². The van der Waals surface area contributed by atoms with Crippen molar-refractivity contribution in [1.29, 1.82) is 0 Å². The maximum absolute atomic E-state index is 12.5. The van der Waals surface area contributed by atoms with Crippen molar-refractivity contribution in [3.8, 4) is 5.75 Å². The number of nitrogens with one attached hydrogen (secondary N) is 1. The Labute approximate surface area is 132 Å². The minimum absolute atomic E-state index is 0.00722. The standard InChI is InChI=1S/C14H15BrN2O3S/c1-9-4-3-5-10(6-9)17-21(18,19)14-8-12(16)11(15)7-13(14)20-2/h3-8,17H,16H2,1-2H3. The number of rotatable bonds is 4. The van der Waals surface area contributed by atoms with Gasteiger partial charge in [0, 0.05) is 15.8 Å². The molecule has 0 atom stereocenters. The zero-order valence-electron chi connectivity index (χ0n) is 11.6. The molecule has 0 amide bonds. The molecule has 0 unspecified atom stereocenters. The number of hydrogen-bond acceptors (Lipinski definition) is 4. The molecule has 0 fully saturated rings. The van der Waals surface area contributed by atoms with Gasteiger partial charge in [0.15, 0.2) is 0 Å². The molecule has 0 saturated heterocycles. The van der Waals surface area contributed by atoms with E-state index in [9.17, 15) is 8.42 Å². The number of sulfonamides is 1. The summed E-state index contributed by atoms with van der Waals surface area (Å²) in [4.78, 5) is -0.00722. The van der Waals surface area contributed by atoms with Crippen LogP contribution in [-0.2, 0) is 10.0 Å². The average molecular weight is 371 g/mol. The molecule has 112 valence electrons. The van der Waals surface area contributed by atoms with Gasteiger partial charge in [-0.15, -0.1) is 0 Å². The summed E-state index contributed by atoms with van der Waals surface area (Å²) in [6.45, 7) is 1.88. The van der Waals surface area contributed by atoms with Crippen LogP contribution in [0.2, 0.25) is 0 Å². The number of nitrogen functional groups attached to an aromatic ring is 1. The van der Waals surface area contributed by atoms with Gasteiger partial charge in [-0.05, 0) is 52.7 Å². The Morgan fingerprint density at radius 3 is 2.57 bits per heavy atom. The van der Waals surface area contributed by atoms with Crippen molar-refractivity contribution in [2.75, 3.05) is 17.6 Å². The molecule has 0 heterocycles. The highest BCUT2D eigenvalue weighted by Gasteiger charge is 2.21. The van der Waals surface area contributed by atoms with Crippen molar-refractivity contribution >= 4 is 37.3 Å². The highest BCUT2D eigenvalue weighted by atomic mass is 79.9. The van der Waals surface area contributed by atoms with Gasteiger partial charge in [0.05, 0.1) is 7.11 Å². The van der Waals surface area contributed by atoms with Crippen LogP contribution in [0.4, 0.5) is 11.4 Å². The van der Waals surface area contributed by atoms with Crippen LogP contribution in [0.3, 0.4) is 0 Å². The molecule has 5 nitrogen and oxygen atoms in total. The van der Waals surface area contributed by atoms with E-state index in [4.69, 9.17) is 10.5 Å². The summed E-state index contributed by atoms with van der Waals surface area (Å²) in [7, 11) is -2.38. The number of hydrogen-bond donors (Lipinski definition) is 2. The van der Waals surface area contributed by atoms with E-state index in [1.165, 1.54) is 19.2 Å². The Balaban J connectivity index is 2.47. The Morgan fingerprint density at radius 1 is 1.24 bits per heavy atom. The van der Waals surface area contributed by atoms with Crippen LogP contribution in [-0.4, -0.2) is 15.5 Å². The fourth-order valence-corrected chi connectivity index (χ4v) is 3.40. The molecule has 3 N–H and O–H groups in total. The second kappa shape index (κ2) is 5.95. The Hall–Kier alpha value is -1.73. The first-order valence-electron chi connectivity index (χ1n) is 6.06. The zero-order valence-corrected chi connectivity index (χ0v) is 14.0. The molecule has 0 aromatic heterocycles. The Morgan fingerprint density at radius 2 is 1.95 bits per heavy atom. The van der Waals surface area contributed by atoms with Crippen molar-refractivity contribution in [3.05, 3.63) is 46.4 Å².